The molecule has 0 N–H and O–H groups in total. The minimum atomic E-state index is 0. The van der Waals surface area contributed by atoms with E-state index in [-0.39, 0.29) is 17.0 Å². The fourth-order valence-corrected chi connectivity index (χ4v) is 2.36. The van der Waals surface area contributed by atoms with E-state index < -0.39 is 0 Å². The van der Waals surface area contributed by atoms with Gasteiger partial charge in [0.15, 0.2) is 0 Å². The first-order valence-corrected chi connectivity index (χ1v) is 6.00. The molecular weight excluding hydrogens is 286 g/mol. The van der Waals surface area contributed by atoms with Crippen molar-refractivity contribution in [2.24, 2.45) is 0 Å². The molecular formula is C16H20BrN. The van der Waals surface area contributed by atoms with Crippen LogP contribution in [0.25, 0.3) is 0 Å². The van der Waals surface area contributed by atoms with Crippen LogP contribution in [0.4, 0.5) is 0 Å². The maximum Gasteiger partial charge on any atom is 0.140 e. The molecule has 0 atom stereocenters. The second-order valence-corrected chi connectivity index (χ2v) is 5.34. The van der Waals surface area contributed by atoms with Gasteiger partial charge in [-0.3, -0.25) is 0 Å². The first kappa shape index (κ1) is 14.9. The van der Waals surface area contributed by atoms with Crippen molar-refractivity contribution in [1.29, 1.82) is 0 Å². The molecule has 0 bridgehead atoms. The number of halogens is 1. The van der Waals surface area contributed by atoms with Crippen LogP contribution < -0.4 is 17.0 Å². The molecule has 0 radical (unpaired) electrons. The Morgan fingerprint density at radius 2 is 1.00 bits per heavy atom. The lowest BCUT2D eigenvalue weighted by Gasteiger charge is -2.34. The standard InChI is InChI=1S/C16H20N.BrH/c1-17(2,3)16(14-10-6-4-7-11-14)15-12-8-5-9-13-15;/h4-13,16H,1-3H3;1H/q+1;/p-1. The van der Waals surface area contributed by atoms with Gasteiger partial charge < -0.3 is 21.5 Å². The molecule has 2 rings (SSSR count). The van der Waals surface area contributed by atoms with Crippen molar-refractivity contribution in [3.63, 3.8) is 0 Å². The summed E-state index contributed by atoms with van der Waals surface area (Å²) in [5.74, 6) is 0. The topological polar surface area (TPSA) is 0 Å². The third kappa shape index (κ3) is 3.44. The van der Waals surface area contributed by atoms with Crippen molar-refractivity contribution in [3.8, 4) is 0 Å². The molecule has 1 nitrogen and oxygen atoms in total. The van der Waals surface area contributed by atoms with Crippen LogP contribution in [0.1, 0.15) is 17.2 Å². The highest BCUT2D eigenvalue weighted by atomic mass is 79.9. The summed E-state index contributed by atoms with van der Waals surface area (Å²) in [4.78, 5) is 0. The van der Waals surface area contributed by atoms with E-state index in [2.05, 4.69) is 81.8 Å². The molecule has 0 spiro atoms. The van der Waals surface area contributed by atoms with Crippen molar-refractivity contribution >= 4 is 0 Å². The predicted molar refractivity (Wildman–Crippen MR) is 72.8 cm³/mol. The number of nitrogens with zero attached hydrogens (tertiary/aromatic N) is 1. The SMILES string of the molecule is C[N+](C)(C)C(c1ccccc1)c1ccccc1.[Br-]. The van der Waals surface area contributed by atoms with Crippen LogP contribution in [-0.2, 0) is 0 Å². The van der Waals surface area contributed by atoms with Gasteiger partial charge in [-0.1, -0.05) is 60.7 Å². The highest BCUT2D eigenvalue weighted by molar-refractivity contribution is 5.29. The third-order valence-corrected chi connectivity index (χ3v) is 3.01. The van der Waals surface area contributed by atoms with Crippen LogP contribution in [0, 0.1) is 0 Å². The number of quaternary nitrogens is 1. The lowest BCUT2D eigenvalue weighted by atomic mass is 9.96. The Bertz CT molecular complexity index is 420. The van der Waals surface area contributed by atoms with Crippen LogP contribution in [0.3, 0.4) is 0 Å². The van der Waals surface area contributed by atoms with Crippen LogP contribution in [0.5, 0.6) is 0 Å². The second-order valence-electron chi connectivity index (χ2n) is 5.34. The van der Waals surface area contributed by atoms with Gasteiger partial charge in [-0.25, -0.2) is 0 Å². The molecule has 0 aromatic heterocycles. The van der Waals surface area contributed by atoms with Gasteiger partial charge >= 0.3 is 0 Å². The minimum absolute atomic E-state index is 0. The third-order valence-electron chi connectivity index (χ3n) is 3.01. The van der Waals surface area contributed by atoms with Gasteiger partial charge in [-0.05, 0) is 0 Å². The maximum absolute atomic E-state index is 2.24. The zero-order chi connectivity index (χ0) is 12.3. The molecule has 0 fully saturated rings. The van der Waals surface area contributed by atoms with Crippen molar-refractivity contribution in [2.75, 3.05) is 21.1 Å². The van der Waals surface area contributed by atoms with Gasteiger partial charge in [0.2, 0.25) is 0 Å². The highest BCUT2D eigenvalue weighted by Gasteiger charge is 2.26. The fourth-order valence-electron chi connectivity index (χ4n) is 2.36. The van der Waals surface area contributed by atoms with Gasteiger partial charge in [0.1, 0.15) is 6.04 Å². The van der Waals surface area contributed by atoms with Crippen LogP contribution in [0.15, 0.2) is 60.7 Å². The Balaban J connectivity index is 0.00000162. The van der Waals surface area contributed by atoms with Crippen molar-refractivity contribution in [2.45, 2.75) is 6.04 Å². The molecule has 0 aliphatic rings. The first-order valence-electron chi connectivity index (χ1n) is 6.00. The summed E-state index contributed by atoms with van der Waals surface area (Å²) in [6, 6.07) is 21.8. The van der Waals surface area contributed by atoms with E-state index in [1.54, 1.807) is 0 Å². The predicted octanol–water partition coefficient (Wildman–Crippen LogP) is 0.486. The van der Waals surface area contributed by atoms with Crippen LogP contribution in [-0.4, -0.2) is 25.6 Å². The summed E-state index contributed by atoms with van der Waals surface area (Å²) in [6.07, 6.45) is 0. The average Bonchev–Trinajstić information content (AvgIpc) is 2.30. The number of hydrogen-bond donors (Lipinski definition) is 0. The van der Waals surface area contributed by atoms with Crippen molar-refractivity contribution < 1.29 is 21.5 Å². The molecule has 0 amide bonds. The molecule has 0 heterocycles. The lowest BCUT2D eigenvalue weighted by Crippen LogP contribution is -3.00. The number of benzene rings is 2. The summed E-state index contributed by atoms with van der Waals surface area (Å²) in [6.45, 7) is 0. The Kier molecular flexibility index (Phi) is 5.12. The summed E-state index contributed by atoms with van der Waals surface area (Å²) >= 11 is 0. The molecule has 2 heteroatoms. The molecule has 2 aromatic rings. The van der Waals surface area contributed by atoms with E-state index in [0.717, 1.165) is 4.48 Å². The first-order chi connectivity index (χ1) is 8.09. The molecule has 2 aromatic carbocycles. The zero-order valence-electron chi connectivity index (χ0n) is 11.2. The molecule has 0 aliphatic heterocycles. The Morgan fingerprint density at radius 3 is 1.28 bits per heavy atom. The molecule has 18 heavy (non-hydrogen) atoms. The van der Waals surface area contributed by atoms with Gasteiger partial charge in [0.25, 0.3) is 0 Å². The molecule has 0 saturated carbocycles. The van der Waals surface area contributed by atoms with E-state index in [1.807, 2.05) is 0 Å². The fraction of sp³-hybridized carbons (Fsp3) is 0.250. The summed E-state index contributed by atoms with van der Waals surface area (Å²) in [5.41, 5.74) is 2.73. The maximum atomic E-state index is 2.24. The molecule has 0 aliphatic carbocycles. The average molecular weight is 306 g/mol. The minimum Gasteiger partial charge on any atom is -1.00 e. The number of rotatable bonds is 3. The van der Waals surface area contributed by atoms with Crippen molar-refractivity contribution in [1.82, 2.24) is 0 Å². The largest absolute Gasteiger partial charge is 1.00 e. The van der Waals surface area contributed by atoms with E-state index in [1.165, 1.54) is 11.1 Å². The number of hydrogen-bond acceptors (Lipinski definition) is 0. The highest BCUT2D eigenvalue weighted by Crippen LogP contribution is 2.30. The van der Waals surface area contributed by atoms with Crippen LogP contribution >= 0.6 is 0 Å². The molecule has 0 unspecified atom stereocenters. The van der Waals surface area contributed by atoms with E-state index in [4.69, 9.17) is 0 Å². The monoisotopic (exact) mass is 305 g/mol. The van der Waals surface area contributed by atoms with Crippen LogP contribution in [0.2, 0.25) is 0 Å². The summed E-state index contributed by atoms with van der Waals surface area (Å²) in [7, 11) is 6.72. The Morgan fingerprint density at radius 1 is 0.667 bits per heavy atom. The second kappa shape index (κ2) is 6.17. The Labute approximate surface area is 120 Å². The summed E-state index contributed by atoms with van der Waals surface area (Å²) in [5, 5.41) is 0. The Hall–Kier alpha value is -1.12. The normalized spacial score (nSPS) is 11.1. The van der Waals surface area contributed by atoms with E-state index >= 15 is 0 Å². The zero-order valence-corrected chi connectivity index (χ0v) is 12.8. The summed E-state index contributed by atoms with van der Waals surface area (Å²) < 4.78 is 0.897. The van der Waals surface area contributed by atoms with Gasteiger partial charge in [-0.15, -0.1) is 0 Å². The van der Waals surface area contributed by atoms with Gasteiger partial charge in [0.05, 0.1) is 21.1 Å². The van der Waals surface area contributed by atoms with E-state index in [0.29, 0.717) is 6.04 Å². The smallest absolute Gasteiger partial charge is 0.140 e. The van der Waals surface area contributed by atoms with Crippen molar-refractivity contribution in [3.05, 3.63) is 71.8 Å². The molecule has 0 saturated heterocycles. The quantitative estimate of drug-likeness (QED) is 0.724. The van der Waals surface area contributed by atoms with Gasteiger partial charge in [-0.2, -0.15) is 0 Å². The molecule has 96 valence electrons. The van der Waals surface area contributed by atoms with E-state index in [9.17, 15) is 0 Å². The van der Waals surface area contributed by atoms with Gasteiger partial charge in [0, 0.05) is 11.1 Å². The lowest BCUT2D eigenvalue weighted by molar-refractivity contribution is -0.896.